The van der Waals surface area contributed by atoms with Crippen LogP contribution in [0.1, 0.15) is 19.4 Å². The lowest BCUT2D eigenvalue weighted by Crippen LogP contribution is -1.92. The van der Waals surface area contributed by atoms with Crippen molar-refractivity contribution in [2.45, 2.75) is 20.8 Å². The zero-order valence-electron chi connectivity index (χ0n) is 11.0. The van der Waals surface area contributed by atoms with E-state index < -0.39 is 0 Å². The van der Waals surface area contributed by atoms with Crippen LogP contribution in [0.25, 0.3) is 0 Å². The molecular formula is C14H19ClN2S. The van der Waals surface area contributed by atoms with Gasteiger partial charge in [0.05, 0.1) is 0 Å². The Balaban J connectivity index is 0.00000137. The van der Waals surface area contributed by atoms with E-state index in [0.717, 1.165) is 16.3 Å². The number of anilines is 1. The van der Waals surface area contributed by atoms with Gasteiger partial charge in [0.15, 0.2) is 0 Å². The van der Waals surface area contributed by atoms with Gasteiger partial charge >= 0.3 is 0 Å². The fraction of sp³-hybridized carbons (Fsp3) is 0.214. The van der Waals surface area contributed by atoms with E-state index in [1.54, 1.807) is 12.2 Å². The maximum Gasteiger partial charge on any atom is 0.137 e. The molecule has 0 amide bonds. The van der Waals surface area contributed by atoms with Crippen molar-refractivity contribution in [3.8, 4) is 0 Å². The van der Waals surface area contributed by atoms with Gasteiger partial charge in [0.1, 0.15) is 11.0 Å². The molecule has 98 valence electrons. The van der Waals surface area contributed by atoms with E-state index in [0.29, 0.717) is 5.15 Å². The molecule has 0 spiro atoms. The zero-order valence-corrected chi connectivity index (χ0v) is 12.6. The van der Waals surface area contributed by atoms with Gasteiger partial charge in [0.2, 0.25) is 0 Å². The van der Waals surface area contributed by atoms with Gasteiger partial charge in [-0.05, 0) is 36.6 Å². The molecule has 0 aliphatic heterocycles. The van der Waals surface area contributed by atoms with E-state index >= 15 is 0 Å². The van der Waals surface area contributed by atoms with Gasteiger partial charge in [-0.15, -0.1) is 0 Å². The Labute approximate surface area is 119 Å². The monoisotopic (exact) mass is 282 g/mol. The first-order valence-corrected chi connectivity index (χ1v) is 6.88. The molecule has 0 aliphatic rings. The molecule has 0 saturated carbocycles. The summed E-state index contributed by atoms with van der Waals surface area (Å²) in [6.07, 6.45) is 5.32. The van der Waals surface area contributed by atoms with Crippen molar-refractivity contribution in [1.29, 1.82) is 0 Å². The molecule has 4 heteroatoms. The maximum atomic E-state index is 5.91. The number of aromatic nitrogens is 1. The van der Waals surface area contributed by atoms with Crippen LogP contribution in [-0.4, -0.2) is 4.98 Å². The van der Waals surface area contributed by atoms with Crippen LogP contribution in [0.4, 0.5) is 5.82 Å². The van der Waals surface area contributed by atoms with Crippen LogP contribution in [0.5, 0.6) is 0 Å². The van der Waals surface area contributed by atoms with Gasteiger partial charge in [-0.2, -0.15) is 0 Å². The third kappa shape index (κ3) is 5.94. The summed E-state index contributed by atoms with van der Waals surface area (Å²) in [6.45, 7) is 13.2. The fourth-order valence-electron chi connectivity index (χ4n) is 0.932. The Morgan fingerprint density at radius 2 is 2.06 bits per heavy atom. The van der Waals surface area contributed by atoms with Crippen molar-refractivity contribution in [1.82, 2.24) is 4.98 Å². The van der Waals surface area contributed by atoms with Gasteiger partial charge in [-0.3, -0.25) is 0 Å². The van der Waals surface area contributed by atoms with Gasteiger partial charge in [-0.25, -0.2) is 4.98 Å². The van der Waals surface area contributed by atoms with Gasteiger partial charge in [0.25, 0.3) is 0 Å². The molecule has 0 bridgehead atoms. The summed E-state index contributed by atoms with van der Waals surface area (Å²) in [6, 6.07) is 3.80. The molecule has 0 aromatic carbocycles. The number of halogens is 1. The summed E-state index contributed by atoms with van der Waals surface area (Å²) in [5.41, 5.74) is 0.961. The van der Waals surface area contributed by atoms with Crippen LogP contribution in [0.15, 0.2) is 48.4 Å². The molecule has 0 radical (unpaired) electrons. The summed E-state index contributed by atoms with van der Waals surface area (Å²) in [5, 5.41) is 0.512. The Morgan fingerprint density at radius 3 is 2.56 bits per heavy atom. The smallest absolute Gasteiger partial charge is 0.137 e. The van der Waals surface area contributed by atoms with Gasteiger partial charge in [0, 0.05) is 4.91 Å². The van der Waals surface area contributed by atoms with Crippen molar-refractivity contribution in [2.75, 3.05) is 4.72 Å². The molecule has 0 saturated heterocycles. The first kappa shape index (κ1) is 16.8. The number of hydrogen-bond acceptors (Lipinski definition) is 3. The second-order valence-electron chi connectivity index (χ2n) is 3.02. The number of hydrogen-bond donors (Lipinski definition) is 1. The molecule has 0 fully saturated rings. The average Bonchev–Trinajstić information content (AvgIpc) is 2.40. The highest BCUT2D eigenvalue weighted by Gasteiger charge is 1.99. The highest BCUT2D eigenvalue weighted by molar-refractivity contribution is 8.04. The summed E-state index contributed by atoms with van der Waals surface area (Å²) in [5.74, 6) is 0.720. The fourth-order valence-corrected chi connectivity index (χ4v) is 1.67. The number of allylic oxidation sites excluding steroid dienone is 3. The summed E-state index contributed by atoms with van der Waals surface area (Å²) < 4.78 is 3.08. The van der Waals surface area contributed by atoms with Crippen LogP contribution >= 0.6 is 23.5 Å². The maximum absolute atomic E-state index is 5.91. The third-order valence-electron chi connectivity index (χ3n) is 1.79. The minimum Gasteiger partial charge on any atom is -0.310 e. The predicted octanol–water partition coefficient (Wildman–Crippen LogP) is 5.39. The summed E-state index contributed by atoms with van der Waals surface area (Å²) >= 11 is 7.33. The Morgan fingerprint density at radius 1 is 1.39 bits per heavy atom. The minimum atomic E-state index is 0.512. The molecule has 1 rings (SSSR count). The average molecular weight is 283 g/mol. The number of rotatable bonds is 5. The molecule has 0 unspecified atom stereocenters. The number of aryl methyl sites for hydroxylation is 1. The molecule has 1 heterocycles. The van der Waals surface area contributed by atoms with Gasteiger partial charge < -0.3 is 4.72 Å². The topological polar surface area (TPSA) is 24.9 Å². The van der Waals surface area contributed by atoms with E-state index in [2.05, 4.69) is 22.9 Å². The molecule has 0 atom stereocenters. The molecule has 0 aliphatic carbocycles. The molecule has 1 aromatic rings. The van der Waals surface area contributed by atoms with Gasteiger partial charge in [-0.1, -0.05) is 56.8 Å². The van der Waals surface area contributed by atoms with E-state index in [9.17, 15) is 0 Å². The van der Waals surface area contributed by atoms with E-state index in [1.807, 2.05) is 39.0 Å². The quantitative estimate of drug-likeness (QED) is 0.445. The number of nitrogens with one attached hydrogen (secondary N) is 1. The lowest BCUT2D eigenvalue weighted by Gasteiger charge is -2.05. The lowest BCUT2D eigenvalue weighted by atomic mass is 10.3. The van der Waals surface area contributed by atoms with Crippen LogP contribution in [0, 0.1) is 6.92 Å². The third-order valence-corrected chi connectivity index (χ3v) is 3.02. The molecule has 1 N–H and O–H groups in total. The standard InChI is InChI=1S/C12H13ClN2S.C2H6/c1-4-6-10(5-2)16-15-11-8-7-9(3)12(13)14-11;1-2/h4-8H,1-2H2,3H3,(H,14,15);1-2H3/b10-6+;. The zero-order chi connectivity index (χ0) is 14.0. The van der Waals surface area contributed by atoms with Crippen molar-refractivity contribution >= 4 is 29.4 Å². The Bertz CT molecular complexity index is 428. The van der Waals surface area contributed by atoms with Crippen molar-refractivity contribution < 1.29 is 0 Å². The lowest BCUT2D eigenvalue weighted by molar-refractivity contribution is 1.28. The van der Waals surface area contributed by atoms with Crippen molar-refractivity contribution in [3.05, 3.63) is 59.1 Å². The number of pyridine rings is 1. The van der Waals surface area contributed by atoms with Crippen molar-refractivity contribution in [3.63, 3.8) is 0 Å². The highest BCUT2D eigenvalue weighted by atomic mass is 35.5. The van der Waals surface area contributed by atoms with E-state index in [-0.39, 0.29) is 0 Å². The highest BCUT2D eigenvalue weighted by Crippen LogP contribution is 2.21. The SMILES string of the molecule is C=C/C=C(\C=C)SNc1ccc(C)c(Cl)n1.CC. The largest absolute Gasteiger partial charge is 0.310 e. The number of nitrogens with zero attached hydrogens (tertiary/aromatic N) is 1. The Hall–Kier alpha value is -1.19. The molecule has 1 aromatic heterocycles. The minimum absolute atomic E-state index is 0.512. The Kier molecular flexibility index (Phi) is 9.15. The van der Waals surface area contributed by atoms with Crippen LogP contribution in [0.2, 0.25) is 5.15 Å². The van der Waals surface area contributed by atoms with Crippen LogP contribution in [-0.2, 0) is 0 Å². The summed E-state index contributed by atoms with van der Waals surface area (Å²) in [4.78, 5) is 5.15. The summed E-state index contributed by atoms with van der Waals surface area (Å²) in [7, 11) is 0. The van der Waals surface area contributed by atoms with E-state index in [4.69, 9.17) is 11.6 Å². The van der Waals surface area contributed by atoms with Crippen molar-refractivity contribution in [2.24, 2.45) is 0 Å². The first-order valence-electron chi connectivity index (χ1n) is 5.68. The van der Waals surface area contributed by atoms with Crippen LogP contribution < -0.4 is 4.72 Å². The first-order chi connectivity index (χ1) is 8.67. The van der Waals surface area contributed by atoms with Crippen LogP contribution in [0.3, 0.4) is 0 Å². The van der Waals surface area contributed by atoms with E-state index in [1.165, 1.54) is 11.9 Å². The predicted molar refractivity (Wildman–Crippen MR) is 85.0 cm³/mol. The molecular weight excluding hydrogens is 264 g/mol. The second-order valence-corrected chi connectivity index (χ2v) is 4.25. The normalized spacial score (nSPS) is 10.1. The molecule has 18 heavy (non-hydrogen) atoms. The molecule has 2 nitrogen and oxygen atoms in total. The second kappa shape index (κ2) is 9.80.